The van der Waals surface area contributed by atoms with Crippen LogP contribution in [0.25, 0.3) is 0 Å². The maximum absolute atomic E-state index is 12.4. The summed E-state index contributed by atoms with van der Waals surface area (Å²) in [5.41, 5.74) is 0. The van der Waals surface area contributed by atoms with E-state index in [1.165, 1.54) is 4.88 Å². The second-order valence-electron chi connectivity index (χ2n) is 6.49. The highest BCUT2D eigenvalue weighted by atomic mass is 32.1. The molecule has 2 saturated heterocycles. The molecular formula is C17H25N3O2S. The minimum absolute atomic E-state index is 0.120. The standard InChI is InChI=1S/C17H25N3O2S/c1-13(21)19-9-6-14(7-10-19)18-17(22)12-20-8-2-4-15(20)16-5-3-11-23-16/h3,5,11,14-15H,2,4,6-10,12H2,1H3,(H,18,22)/t15-/m1/s1. The highest BCUT2D eigenvalue weighted by molar-refractivity contribution is 7.10. The Morgan fingerprint density at radius 2 is 2.04 bits per heavy atom. The highest BCUT2D eigenvalue weighted by Gasteiger charge is 2.29. The number of nitrogens with zero attached hydrogens (tertiary/aromatic N) is 2. The van der Waals surface area contributed by atoms with Gasteiger partial charge in [0.05, 0.1) is 6.54 Å². The van der Waals surface area contributed by atoms with Crippen LogP contribution in [0.5, 0.6) is 0 Å². The van der Waals surface area contributed by atoms with Gasteiger partial charge in [-0.15, -0.1) is 11.3 Å². The van der Waals surface area contributed by atoms with Gasteiger partial charge in [-0.05, 0) is 43.7 Å². The van der Waals surface area contributed by atoms with E-state index < -0.39 is 0 Å². The monoisotopic (exact) mass is 335 g/mol. The van der Waals surface area contributed by atoms with Crippen molar-refractivity contribution in [1.82, 2.24) is 15.1 Å². The fraction of sp³-hybridized carbons (Fsp3) is 0.647. The van der Waals surface area contributed by atoms with Gasteiger partial charge in [0.25, 0.3) is 0 Å². The second-order valence-corrected chi connectivity index (χ2v) is 7.47. The molecule has 6 heteroatoms. The normalized spacial score (nSPS) is 23.2. The average Bonchev–Trinajstić information content (AvgIpc) is 3.18. The number of carbonyl (C=O) groups is 2. The summed E-state index contributed by atoms with van der Waals surface area (Å²) in [6.07, 6.45) is 4.02. The van der Waals surface area contributed by atoms with Crippen molar-refractivity contribution in [3.05, 3.63) is 22.4 Å². The van der Waals surface area contributed by atoms with E-state index >= 15 is 0 Å². The average molecular weight is 335 g/mol. The molecule has 1 N–H and O–H groups in total. The van der Waals surface area contributed by atoms with Gasteiger partial charge in [-0.25, -0.2) is 0 Å². The molecule has 0 unspecified atom stereocenters. The Morgan fingerprint density at radius 3 is 2.70 bits per heavy atom. The summed E-state index contributed by atoms with van der Waals surface area (Å²) in [7, 11) is 0. The number of rotatable bonds is 4. The lowest BCUT2D eigenvalue weighted by Crippen LogP contribution is -2.48. The van der Waals surface area contributed by atoms with E-state index in [1.807, 2.05) is 4.90 Å². The lowest BCUT2D eigenvalue weighted by molar-refractivity contribution is -0.130. The van der Waals surface area contributed by atoms with Gasteiger partial charge in [0.1, 0.15) is 0 Å². The lowest BCUT2D eigenvalue weighted by Gasteiger charge is -2.32. The zero-order valence-electron chi connectivity index (χ0n) is 13.7. The molecule has 1 atom stereocenters. The summed E-state index contributed by atoms with van der Waals surface area (Å²) in [6, 6.07) is 4.86. The zero-order valence-corrected chi connectivity index (χ0v) is 14.5. The molecule has 1 aromatic rings. The lowest BCUT2D eigenvalue weighted by atomic mass is 10.0. The van der Waals surface area contributed by atoms with E-state index in [4.69, 9.17) is 0 Å². The quantitative estimate of drug-likeness (QED) is 0.916. The van der Waals surface area contributed by atoms with E-state index in [0.29, 0.717) is 12.6 Å². The first-order chi connectivity index (χ1) is 11.1. The summed E-state index contributed by atoms with van der Waals surface area (Å²) in [5, 5.41) is 5.26. The predicted octanol–water partition coefficient (Wildman–Crippen LogP) is 2.01. The highest BCUT2D eigenvalue weighted by Crippen LogP contribution is 2.33. The zero-order chi connectivity index (χ0) is 16.2. The molecule has 3 rings (SSSR count). The third kappa shape index (κ3) is 4.12. The van der Waals surface area contributed by atoms with Gasteiger partial charge in [0.15, 0.2) is 0 Å². The Kier molecular flexibility index (Phi) is 5.33. The van der Waals surface area contributed by atoms with Gasteiger partial charge in [-0.3, -0.25) is 14.5 Å². The molecule has 5 nitrogen and oxygen atoms in total. The number of nitrogens with one attached hydrogen (secondary N) is 1. The van der Waals surface area contributed by atoms with Crippen LogP contribution in [0.1, 0.15) is 43.5 Å². The third-order valence-electron chi connectivity index (χ3n) is 4.89. The first kappa shape index (κ1) is 16.5. The Morgan fingerprint density at radius 1 is 1.26 bits per heavy atom. The van der Waals surface area contributed by atoms with Crippen LogP contribution in [-0.2, 0) is 9.59 Å². The van der Waals surface area contributed by atoms with Crippen molar-refractivity contribution in [3.8, 4) is 0 Å². The number of hydrogen-bond donors (Lipinski definition) is 1. The van der Waals surface area contributed by atoms with Crippen LogP contribution in [0.15, 0.2) is 17.5 Å². The number of hydrogen-bond acceptors (Lipinski definition) is 4. The fourth-order valence-electron chi connectivity index (χ4n) is 3.61. The van der Waals surface area contributed by atoms with E-state index in [9.17, 15) is 9.59 Å². The van der Waals surface area contributed by atoms with Crippen molar-refractivity contribution in [2.24, 2.45) is 0 Å². The van der Waals surface area contributed by atoms with Crippen molar-refractivity contribution in [2.75, 3.05) is 26.2 Å². The van der Waals surface area contributed by atoms with Gasteiger partial charge in [0, 0.05) is 37.0 Å². The maximum Gasteiger partial charge on any atom is 0.234 e. The second kappa shape index (κ2) is 7.45. The number of carbonyl (C=O) groups excluding carboxylic acids is 2. The molecule has 2 aliphatic rings. The Hall–Kier alpha value is -1.40. The van der Waals surface area contributed by atoms with Gasteiger partial charge >= 0.3 is 0 Å². The molecular weight excluding hydrogens is 310 g/mol. The van der Waals surface area contributed by atoms with Gasteiger partial charge in [0.2, 0.25) is 11.8 Å². The van der Waals surface area contributed by atoms with Crippen LogP contribution in [0, 0.1) is 0 Å². The SMILES string of the molecule is CC(=O)N1CCC(NC(=O)CN2CCC[C@@H]2c2cccs2)CC1. The minimum Gasteiger partial charge on any atom is -0.352 e. The number of thiophene rings is 1. The Bertz CT molecular complexity index is 538. The first-order valence-corrected chi connectivity index (χ1v) is 9.34. The first-order valence-electron chi connectivity index (χ1n) is 8.46. The molecule has 2 fully saturated rings. The summed E-state index contributed by atoms with van der Waals surface area (Å²) in [6.45, 7) is 4.59. The predicted molar refractivity (Wildman–Crippen MR) is 91.3 cm³/mol. The molecule has 23 heavy (non-hydrogen) atoms. The topological polar surface area (TPSA) is 52.7 Å². The molecule has 0 radical (unpaired) electrons. The number of amides is 2. The molecule has 2 aliphatic heterocycles. The van der Waals surface area contributed by atoms with Crippen molar-refractivity contribution in [3.63, 3.8) is 0 Å². The molecule has 2 amide bonds. The number of piperidine rings is 1. The summed E-state index contributed by atoms with van der Waals surface area (Å²) >= 11 is 1.78. The van der Waals surface area contributed by atoms with Crippen molar-refractivity contribution in [1.29, 1.82) is 0 Å². The molecule has 0 aliphatic carbocycles. The van der Waals surface area contributed by atoms with E-state index in [-0.39, 0.29) is 17.9 Å². The third-order valence-corrected chi connectivity index (χ3v) is 5.86. The van der Waals surface area contributed by atoms with Crippen LogP contribution < -0.4 is 5.32 Å². The molecule has 1 aromatic heterocycles. The summed E-state index contributed by atoms with van der Waals surface area (Å²) in [5.74, 6) is 0.250. The molecule has 0 spiro atoms. The van der Waals surface area contributed by atoms with Crippen LogP contribution in [0.3, 0.4) is 0 Å². The van der Waals surface area contributed by atoms with Crippen molar-refractivity contribution >= 4 is 23.2 Å². The van der Waals surface area contributed by atoms with Crippen molar-refractivity contribution < 1.29 is 9.59 Å². The van der Waals surface area contributed by atoms with Crippen LogP contribution >= 0.6 is 11.3 Å². The van der Waals surface area contributed by atoms with Gasteiger partial charge in [-0.2, -0.15) is 0 Å². The van der Waals surface area contributed by atoms with Crippen molar-refractivity contribution in [2.45, 2.75) is 44.7 Å². The van der Waals surface area contributed by atoms with E-state index in [0.717, 1.165) is 45.3 Å². The summed E-state index contributed by atoms with van der Waals surface area (Å²) < 4.78 is 0. The van der Waals surface area contributed by atoms with Gasteiger partial charge in [-0.1, -0.05) is 6.07 Å². The maximum atomic E-state index is 12.4. The minimum atomic E-state index is 0.120. The van der Waals surface area contributed by atoms with E-state index in [2.05, 4.69) is 27.7 Å². The fourth-order valence-corrected chi connectivity index (χ4v) is 4.51. The van der Waals surface area contributed by atoms with Crippen LogP contribution in [0.2, 0.25) is 0 Å². The smallest absolute Gasteiger partial charge is 0.234 e. The molecule has 0 saturated carbocycles. The summed E-state index contributed by atoms with van der Waals surface area (Å²) in [4.78, 5) is 29.2. The Labute approximate surface area is 141 Å². The van der Waals surface area contributed by atoms with Gasteiger partial charge < -0.3 is 10.2 Å². The van der Waals surface area contributed by atoms with Crippen LogP contribution in [0.4, 0.5) is 0 Å². The van der Waals surface area contributed by atoms with Crippen LogP contribution in [-0.4, -0.2) is 53.8 Å². The molecule has 3 heterocycles. The number of likely N-dealkylation sites (tertiary alicyclic amines) is 2. The molecule has 0 aromatic carbocycles. The molecule has 126 valence electrons. The van der Waals surface area contributed by atoms with E-state index in [1.54, 1.807) is 18.3 Å². The largest absolute Gasteiger partial charge is 0.352 e. The molecule has 0 bridgehead atoms. The Balaban J connectivity index is 1.47.